The Labute approximate surface area is 82.9 Å². The zero-order chi connectivity index (χ0) is 9.03. The summed E-state index contributed by atoms with van der Waals surface area (Å²) in [5, 5.41) is 0. The van der Waals surface area contributed by atoms with Crippen molar-refractivity contribution < 1.29 is 8.42 Å². The molecular weight excluding hydrogens is 240 g/mol. The van der Waals surface area contributed by atoms with Crippen molar-refractivity contribution >= 4 is 43.0 Å². The molecule has 12 heavy (non-hydrogen) atoms. The molecule has 1 aromatic rings. The van der Waals surface area contributed by atoms with E-state index in [2.05, 4.69) is 9.36 Å². The molecule has 0 unspecified atom stereocenters. The molecule has 0 bridgehead atoms. The second-order valence-electron chi connectivity index (χ2n) is 1.80. The van der Waals surface area contributed by atoms with Crippen LogP contribution in [0.25, 0.3) is 0 Å². The third-order valence-electron chi connectivity index (χ3n) is 0.894. The second-order valence-corrected chi connectivity index (χ2v) is 6.82. The van der Waals surface area contributed by atoms with E-state index >= 15 is 0 Å². The van der Waals surface area contributed by atoms with Gasteiger partial charge in [-0.1, -0.05) is 11.8 Å². The van der Waals surface area contributed by atoms with Gasteiger partial charge in [-0.2, -0.15) is 4.37 Å². The summed E-state index contributed by atoms with van der Waals surface area (Å²) in [6.45, 7) is 0. The van der Waals surface area contributed by atoms with Gasteiger partial charge in [0.15, 0.2) is 4.34 Å². The summed E-state index contributed by atoms with van der Waals surface area (Å²) in [5.74, 6) is 0.375. The Balaban J connectivity index is 2.29. The number of halogens is 1. The molecule has 0 aliphatic heterocycles. The van der Waals surface area contributed by atoms with Crippen molar-refractivity contribution in [2.45, 2.75) is 4.34 Å². The van der Waals surface area contributed by atoms with Crippen LogP contribution < -0.4 is 0 Å². The maximum absolute atomic E-state index is 10.5. The van der Waals surface area contributed by atoms with Crippen LogP contribution in [-0.2, 0) is 9.05 Å². The molecule has 0 aliphatic rings. The summed E-state index contributed by atoms with van der Waals surface area (Å²) in [7, 11) is 1.63. The van der Waals surface area contributed by atoms with Gasteiger partial charge in [0.1, 0.15) is 6.33 Å². The molecule has 0 saturated heterocycles. The Morgan fingerprint density at radius 3 is 2.92 bits per heavy atom. The molecule has 0 saturated carbocycles. The highest BCUT2D eigenvalue weighted by molar-refractivity contribution is 8.14. The number of thioether (sulfide) groups is 1. The number of hydrogen-bond acceptors (Lipinski definition) is 6. The molecule has 1 aromatic heterocycles. The summed E-state index contributed by atoms with van der Waals surface area (Å²) in [5.41, 5.74) is 0. The number of aromatic nitrogens is 2. The SMILES string of the molecule is O=S(=O)(Cl)CCSc1ncns1. The lowest BCUT2D eigenvalue weighted by Gasteiger charge is -1.92. The lowest BCUT2D eigenvalue weighted by molar-refractivity contribution is 0.611. The van der Waals surface area contributed by atoms with E-state index in [4.69, 9.17) is 10.7 Å². The van der Waals surface area contributed by atoms with Crippen LogP contribution in [0.15, 0.2) is 10.7 Å². The molecule has 0 N–H and O–H groups in total. The van der Waals surface area contributed by atoms with Crippen LogP contribution in [0.1, 0.15) is 0 Å². The average Bonchev–Trinajstić information content (AvgIpc) is 2.36. The second kappa shape index (κ2) is 4.40. The first-order chi connectivity index (χ1) is 5.58. The highest BCUT2D eigenvalue weighted by Gasteiger charge is 2.05. The minimum Gasteiger partial charge on any atom is -0.216 e. The zero-order valence-corrected chi connectivity index (χ0v) is 9.01. The van der Waals surface area contributed by atoms with Crippen molar-refractivity contribution in [3.8, 4) is 0 Å². The molecule has 68 valence electrons. The summed E-state index contributed by atoms with van der Waals surface area (Å²) < 4.78 is 25.5. The number of hydrogen-bond donors (Lipinski definition) is 0. The summed E-state index contributed by atoms with van der Waals surface area (Å²) in [6, 6.07) is 0. The van der Waals surface area contributed by atoms with Crippen LogP contribution in [0, 0.1) is 0 Å². The van der Waals surface area contributed by atoms with Crippen LogP contribution in [0.4, 0.5) is 0 Å². The van der Waals surface area contributed by atoms with Crippen LogP contribution in [0.2, 0.25) is 0 Å². The van der Waals surface area contributed by atoms with Crippen molar-refractivity contribution in [3.63, 3.8) is 0 Å². The van der Waals surface area contributed by atoms with Gasteiger partial charge in [0, 0.05) is 16.4 Å². The average molecular weight is 245 g/mol. The molecule has 0 aromatic carbocycles. The van der Waals surface area contributed by atoms with Crippen LogP contribution in [-0.4, -0.2) is 29.3 Å². The van der Waals surface area contributed by atoms with E-state index in [9.17, 15) is 8.42 Å². The minimum absolute atomic E-state index is 0.0429. The maximum atomic E-state index is 10.5. The Morgan fingerprint density at radius 1 is 1.67 bits per heavy atom. The smallest absolute Gasteiger partial charge is 0.216 e. The molecule has 0 fully saturated rings. The highest BCUT2D eigenvalue weighted by atomic mass is 35.7. The summed E-state index contributed by atoms with van der Waals surface area (Å²) >= 11 is 2.57. The third kappa shape index (κ3) is 4.24. The topological polar surface area (TPSA) is 59.9 Å². The number of rotatable bonds is 4. The first-order valence-corrected chi connectivity index (χ1v) is 7.13. The molecule has 0 aliphatic carbocycles. The molecule has 1 rings (SSSR count). The van der Waals surface area contributed by atoms with E-state index < -0.39 is 9.05 Å². The van der Waals surface area contributed by atoms with E-state index in [-0.39, 0.29) is 5.75 Å². The van der Waals surface area contributed by atoms with Gasteiger partial charge in [-0.25, -0.2) is 13.4 Å². The van der Waals surface area contributed by atoms with Gasteiger partial charge in [0.05, 0.1) is 5.75 Å². The zero-order valence-electron chi connectivity index (χ0n) is 5.81. The summed E-state index contributed by atoms with van der Waals surface area (Å²) in [4.78, 5) is 3.87. The predicted octanol–water partition coefficient (Wildman–Crippen LogP) is 1.20. The Hall–Kier alpha value is 0.150. The predicted molar refractivity (Wildman–Crippen MR) is 50.3 cm³/mol. The Kier molecular flexibility index (Phi) is 3.76. The number of nitrogens with zero attached hydrogens (tertiary/aromatic N) is 2. The third-order valence-corrected chi connectivity index (χ3v) is 4.11. The fourth-order valence-electron chi connectivity index (χ4n) is 0.455. The first kappa shape index (κ1) is 10.2. The summed E-state index contributed by atoms with van der Waals surface area (Å²) in [6.07, 6.45) is 1.43. The Morgan fingerprint density at radius 2 is 2.42 bits per heavy atom. The van der Waals surface area contributed by atoms with Crippen molar-refractivity contribution in [1.82, 2.24) is 9.36 Å². The molecular formula is C4H5ClN2O2S3. The standard InChI is InChI=1S/C4H5ClN2O2S3/c5-12(8,9)2-1-10-4-6-3-7-11-4/h3H,1-2H2. The molecule has 1 heterocycles. The van der Waals surface area contributed by atoms with Crippen molar-refractivity contribution in [1.29, 1.82) is 0 Å². The fourth-order valence-corrected chi connectivity index (χ4v) is 3.32. The van der Waals surface area contributed by atoms with Crippen LogP contribution >= 0.6 is 34.0 Å². The maximum Gasteiger partial charge on any atom is 0.233 e. The molecule has 0 atom stereocenters. The van der Waals surface area contributed by atoms with E-state index in [0.717, 1.165) is 4.34 Å². The van der Waals surface area contributed by atoms with Gasteiger partial charge >= 0.3 is 0 Å². The minimum atomic E-state index is -3.37. The largest absolute Gasteiger partial charge is 0.233 e. The lowest BCUT2D eigenvalue weighted by Crippen LogP contribution is -1.99. The van der Waals surface area contributed by atoms with Crippen molar-refractivity contribution in [3.05, 3.63) is 6.33 Å². The highest BCUT2D eigenvalue weighted by Crippen LogP contribution is 2.18. The first-order valence-electron chi connectivity index (χ1n) is 2.90. The molecule has 0 amide bonds. The normalized spacial score (nSPS) is 11.8. The lowest BCUT2D eigenvalue weighted by atomic mass is 11.0. The monoisotopic (exact) mass is 244 g/mol. The van der Waals surface area contributed by atoms with Gasteiger partial charge in [0.25, 0.3) is 0 Å². The van der Waals surface area contributed by atoms with Gasteiger partial charge in [-0.15, -0.1) is 0 Å². The van der Waals surface area contributed by atoms with E-state index in [1.54, 1.807) is 0 Å². The molecule has 8 heteroatoms. The fraction of sp³-hybridized carbons (Fsp3) is 0.500. The van der Waals surface area contributed by atoms with Crippen molar-refractivity contribution in [2.24, 2.45) is 0 Å². The van der Waals surface area contributed by atoms with Crippen molar-refractivity contribution in [2.75, 3.05) is 11.5 Å². The van der Waals surface area contributed by atoms with Gasteiger partial charge < -0.3 is 0 Å². The van der Waals surface area contributed by atoms with Crippen LogP contribution in [0.3, 0.4) is 0 Å². The van der Waals surface area contributed by atoms with Crippen LogP contribution in [0.5, 0.6) is 0 Å². The molecule has 4 nitrogen and oxygen atoms in total. The molecule has 0 radical (unpaired) electrons. The quantitative estimate of drug-likeness (QED) is 0.588. The van der Waals surface area contributed by atoms with Gasteiger partial charge in [-0.05, 0) is 11.5 Å². The van der Waals surface area contributed by atoms with Gasteiger partial charge in [0.2, 0.25) is 9.05 Å². The van der Waals surface area contributed by atoms with E-state index in [1.807, 2.05) is 0 Å². The molecule has 0 spiro atoms. The van der Waals surface area contributed by atoms with Gasteiger partial charge in [-0.3, -0.25) is 0 Å². The van der Waals surface area contributed by atoms with E-state index in [1.165, 1.54) is 29.6 Å². The van der Waals surface area contributed by atoms with E-state index in [0.29, 0.717) is 5.75 Å². The Bertz CT molecular complexity index is 322.